The molecule has 2 aromatic rings. The molecule has 5 rings (SSSR count). The number of cyclic esters (lactones) is 1. The number of anilines is 2. The molecule has 3 saturated heterocycles. The van der Waals surface area contributed by atoms with Gasteiger partial charge in [0.2, 0.25) is 0 Å². The van der Waals surface area contributed by atoms with Crippen molar-refractivity contribution in [2.45, 2.75) is 26.0 Å². The van der Waals surface area contributed by atoms with E-state index >= 15 is 4.39 Å². The molecular formula is C30H38FN5O5S. The standard InChI is InChI=1S/C30H38FN5O5S/c1-2-28(42)32-18-25-20-36(30(38)41-25)23-5-8-27(26(31)17-23)34-9-11-35(12-10-34)29(37)21-40-24-6-3-22(4-7-24)19-33-13-15-39-16-14-33/h3-8,17,25H,2,9-16,18-21H2,1H3,(H,32,42). The third kappa shape index (κ3) is 7.67. The van der Waals surface area contributed by atoms with Gasteiger partial charge < -0.3 is 29.3 Å². The van der Waals surface area contributed by atoms with Crippen LogP contribution in [0, 0.1) is 5.82 Å². The summed E-state index contributed by atoms with van der Waals surface area (Å²) in [5, 5.41) is 3.08. The maximum Gasteiger partial charge on any atom is 0.414 e. The van der Waals surface area contributed by atoms with Gasteiger partial charge in [-0.15, -0.1) is 0 Å². The highest BCUT2D eigenvalue weighted by Crippen LogP contribution is 2.28. The second-order valence-corrected chi connectivity index (χ2v) is 11.1. The molecule has 3 aliphatic rings. The van der Waals surface area contributed by atoms with E-state index in [9.17, 15) is 9.59 Å². The number of rotatable bonds is 10. The lowest BCUT2D eigenvalue weighted by molar-refractivity contribution is -0.133. The first-order valence-electron chi connectivity index (χ1n) is 14.5. The quantitative estimate of drug-likeness (QED) is 0.414. The number of halogens is 1. The lowest BCUT2D eigenvalue weighted by Gasteiger charge is -2.36. The number of hydrogen-bond donors (Lipinski definition) is 1. The third-order valence-electron chi connectivity index (χ3n) is 7.73. The molecule has 12 heteroatoms. The Morgan fingerprint density at radius 1 is 1.07 bits per heavy atom. The van der Waals surface area contributed by atoms with Crippen LogP contribution < -0.4 is 19.9 Å². The lowest BCUT2D eigenvalue weighted by atomic mass is 10.2. The number of carbonyl (C=O) groups is 2. The summed E-state index contributed by atoms with van der Waals surface area (Å²) < 4.78 is 31.7. The van der Waals surface area contributed by atoms with Gasteiger partial charge in [-0.3, -0.25) is 14.6 Å². The minimum Gasteiger partial charge on any atom is -0.484 e. The van der Waals surface area contributed by atoms with Crippen molar-refractivity contribution >= 4 is 40.6 Å². The summed E-state index contributed by atoms with van der Waals surface area (Å²) in [6, 6.07) is 12.6. The number of thiocarbonyl (C=S) groups is 1. The molecule has 42 heavy (non-hydrogen) atoms. The van der Waals surface area contributed by atoms with Crippen LogP contribution in [-0.2, 0) is 20.8 Å². The number of nitrogens with zero attached hydrogens (tertiary/aromatic N) is 4. The highest BCUT2D eigenvalue weighted by molar-refractivity contribution is 7.80. The minimum atomic E-state index is -0.505. The molecule has 226 valence electrons. The van der Waals surface area contributed by atoms with E-state index in [4.69, 9.17) is 26.4 Å². The second kappa shape index (κ2) is 14.1. The van der Waals surface area contributed by atoms with Crippen LogP contribution in [0.25, 0.3) is 0 Å². The monoisotopic (exact) mass is 599 g/mol. The molecule has 10 nitrogen and oxygen atoms in total. The van der Waals surface area contributed by atoms with E-state index in [-0.39, 0.29) is 18.6 Å². The fraction of sp³-hybridized carbons (Fsp3) is 0.500. The molecule has 0 aliphatic carbocycles. The highest BCUT2D eigenvalue weighted by Gasteiger charge is 2.33. The summed E-state index contributed by atoms with van der Waals surface area (Å²) in [5.41, 5.74) is 2.08. The third-order valence-corrected chi connectivity index (χ3v) is 8.17. The SMILES string of the molecule is CCC(=S)NCC1CN(c2ccc(N3CCN(C(=O)COc4ccc(CN5CCOCC5)cc4)CC3)c(F)c2)C(=O)O1. The van der Waals surface area contributed by atoms with Crippen LogP contribution in [0.5, 0.6) is 5.75 Å². The molecule has 0 aromatic heterocycles. The number of benzene rings is 2. The van der Waals surface area contributed by atoms with E-state index in [0.29, 0.717) is 67.8 Å². The van der Waals surface area contributed by atoms with Crippen LogP contribution >= 0.6 is 12.2 Å². The van der Waals surface area contributed by atoms with Gasteiger partial charge in [0.25, 0.3) is 5.91 Å². The zero-order valence-corrected chi connectivity index (χ0v) is 24.7. The Kier molecular flexibility index (Phi) is 10.1. The number of piperazine rings is 1. The Morgan fingerprint density at radius 2 is 1.81 bits per heavy atom. The van der Waals surface area contributed by atoms with Crippen molar-refractivity contribution in [1.29, 1.82) is 0 Å². The van der Waals surface area contributed by atoms with Crippen molar-refractivity contribution in [3.63, 3.8) is 0 Å². The highest BCUT2D eigenvalue weighted by atomic mass is 32.1. The summed E-state index contributed by atoms with van der Waals surface area (Å²) in [6.45, 7) is 8.84. The van der Waals surface area contributed by atoms with Gasteiger partial charge >= 0.3 is 6.09 Å². The van der Waals surface area contributed by atoms with Crippen LogP contribution in [0.4, 0.5) is 20.6 Å². The average molecular weight is 600 g/mol. The average Bonchev–Trinajstić information content (AvgIpc) is 3.40. The smallest absolute Gasteiger partial charge is 0.414 e. The van der Waals surface area contributed by atoms with Gasteiger partial charge in [-0.2, -0.15) is 0 Å². The van der Waals surface area contributed by atoms with Gasteiger partial charge in [-0.25, -0.2) is 9.18 Å². The summed E-state index contributed by atoms with van der Waals surface area (Å²) in [6.07, 6.45) is -0.151. The summed E-state index contributed by atoms with van der Waals surface area (Å²) in [4.78, 5) is 33.3. The molecule has 2 amide bonds. The van der Waals surface area contributed by atoms with E-state index in [0.717, 1.165) is 32.8 Å². The van der Waals surface area contributed by atoms with E-state index in [1.54, 1.807) is 17.0 Å². The van der Waals surface area contributed by atoms with Crippen molar-refractivity contribution in [3.05, 3.63) is 53.8 Å². The van der Waals surface area contributed by atoms with Gasteiger partial charge in [0.15, 0.2) is 6.61 Å². The molecule has 3 aliphatic heterocycles. The normalized spacial score (nSPS) is 19.5. The zero-order chi connectivity index (χ0) is 29.5. The van der Waals surface area contributed by atoms with Crippen molar-refractivity contribution in [3.8, 4) is 5.75 Å². The largest absolute Gasteiger partial charge is 0.484 e. The van der Waals surface area contributed by atoms with Crippen molar-refractivity contribution in [1.82, 2.24) is 15.1 Å². The van der Waals surface area contributed by atoms with E-state index in [2.05, 4.69) is 10.2 Å². The molecule has 0 saturated carbocycles. The Bertz CT molecular complexity index is 1250. The number of nitrogens with one attached hydrogen (secondary N) is 1. The Morgan fingerprint density at radius 3 is 2.50 bits per heavy atom. The first-order chi connectivity index (χ1) is 20.4. The predicted octanol–water partition coefficient (Wildman–Crippen LogP) is 3.04. The molecule has 3 heterocycles. The second-order valence-electron chi connectivity index (χ2n) is 10.6. The minimum absolute atomic E-state index is 0.0431. The number of amides is 2. The number of hydrogen-bond acceptors (Lipinski definition) is 8. The first-order valence-corrected chi connectivity index (χ1v) is 14.9. The number of carbonyl (C=O) groups excluding carboxylic acids is 2. The fourth-order valence-electron chi connectivity index (χ4n) is 5.25. The summed E-state index contributed by atoms with van der Waals surface area (Å²) in [7, 11) is 0. The summed E-state index contributed by atoms with van der Waals surface area (Å²) >= 11 is 5.16. The van der Waals surface area contributed by atoms with Crippen molar-refractivity contribution in [2.75, 3.05) is 82.0 Å². The Balaban J connectivity index is 1.07. The van der Waals surface area contributed by atoms with E-state index in [1.165, 1.54) is 16.5 Å². The first kappa shape index (κ1) is 30.0. The van der Waals surface area contributed by atoms with Gasteiger partial charge in [0.1, 0.15) is 17.7 Å². The van der Waals surface area contributed by atoms with Crippen LogP contribution in [-0.4, -0.2) is 105 Å². The van der Waals surface area contributed by atoms with Gasteiger partial charge in [0, 0.05) is 45.8 Å². The van der Waals surface area contributed by atoms with Gasteiger partial charge in [0.05, 0.1) is 42.7 Å². The topological polar surface area (TPSA) is 86.8 Å². The van der Waals surface area contributed by atoms with E-state index < -0.39 is 11.9 Å². The van der Waals surface area contributed by atoms with Crippen LogP contribution in [0.15, 0.2) is 42.5 Å². The Labute approximate surface area is 251 Å². The lowest BCUT2D eigenvalue weighted by Crippen LogP contribution is -2.50. The molecular weight excluding hydrogens is 561 g/mol. The zero-order valence-electron chi connectivity index (χ0n) is 23.9. The maximum atomic E-state index is 15.2. The molecule has 1 N–H and O–H groups in total. The maximum absolute atomic E-state index is 15.2. The number of morpholine rings is 1. The van der Waals surface area contributed by atoms with Crippen molar-refractivity contribution < 1.29 is 28.2 Å². The Hall–Kier alpha value is -3.48. The molecule has 2 aromatic carbocycles. The molecule has 1 unspecified atom stereocenters. The number of ether oxygens (including phenoxy) is 3. The fourth-order valence-corrected chi connectivity index (χ4v) is 5.34. The summed E-state index contributed by atoms with van der Waals surface area (Å²) in [5.74, 6) is 0.136. The van der Waals surface area contributed by atoms with Gasteiger partial charge in [-0.05, 0) is 42.3 Å². The molecule has 0 radical (unpaired) electrons. The predicted molar refractivity (Wildman–Crippen MR) is 162 cm³/mol. The molecule has 0 bridgehead atoms. The molecule has 0 spiro atoms. The molecule has 3 fully saturated rings. The van der Waals surface area contributed by atoms with Crippen LogP contribution in [0.3, 0.4) is 0 Å². The van der Waals surface area contributed by atoms with Crippen LogP contribution in [0.1, 0.15) is 18.9 Å². The van der Waals surface area contributed by atoms with Crippen molar-refractivity contribution in [2.24, 2.45) is 0 Å². The van der Waals surface area contributed by atoms with E-state index in [1.807, 2.05) is 36.1 Å². The van der Waals surface area contributed by atoms with Crippen LogP contribution in [0.2, 0.25) is 0 Å². The molecule has 1 atom stereocenters. The van der Waals surface area contributed by atoms with Gasteiger partial charge in [-0.1, -0.05) is 31.3 Å².